The van der Waals surface area contributed by atoms with E-state index in [1.165, 1.54) is 29.5 Å². The third-order valence-electron chi connectivity index (χ3n) is 2.69. The number of nitrogens with zero attached hydrogens (tertiary/aromatic N) is 1. The summed E-state index contributed by atoms with van der Waals surface area (Å²) in [7, 11) is 0. The van der Waals surface area contributed by atoms with Gasteiger partial charge in [-0.25, -0.2) is 4.98 Å². The van der Waals surface area contributed by atoms with Crippen LogP contribution in [0, 0.1) is 6.92 Å². The van der Waals surface area contributed by atoms with Gasteiger partial charge in [0.15, 0.2) is 0 Å². The quantitative estimate of drug-likeness (QED) is 0.880. The summed E-state index contributed by atoms with van der Waals surface area (Å²) in [6, 6.07) is 4.79. The number of amides is 1. The van der Waals surface area contributed by atoms with Crippen LogP contribution in [-0.4, -0.2) is 10.9 Å². The molecule has 2 rings (SSSR count). The first-order valence-corrected chi connectivity index (χ1v) is 6.71. The van der Waals surface area contributed by atoms with E-state index in [2.05, 4.69) is 4.98 Å². The second kappa shape index (κ2) is 5.69. The Morgan fingerprint density at radius 2 is 1.90 bits per heavy atom. The van der Waals surface area contributed by atoms with Gasteiger partial charge in [-0.05, 0) is 25.1 Å². The van der Waals surface area contributed by atoms with Crippen molar-refractivity contribution in [2.75, 3.05) is 0 Å². The van der Waals surface area contributed by atoms with E-state index in [9.17, 15) is 18.0 Å². The average Bonchev–Trinajstić information content (AvgIpc) is 2.77. The number of hydrogen-bond donors (Lipinski definition) is 1. The molecule has 0 aliphatic heterocycles. The zero-order chi connectivity index (χ0) is 15.6. The number of halogens is 3. The van der Waals surface area contributed by atoms with Gasteiger partial charge >= 0.3 is 6.18 Å². The first kappa shape index (κ1) is 15.2. The molecule has 0 radical (unpaired) electrons. The third kappa shape index (κ3) is 3.69. The van der Waals surface area contributed by atoms with Crippen LogP contribution in [0.1, 0.15) is 16.1 Å². The number of benzene rings is 1. The van der Waals surface area contributed by atoms with E-state index < -0.39 is 17.6 Å². The maximum Gasteiger partial charge on any atom is 0.416 e. The molecule has 1 aromatic carbocycles. The highest BCUT2D eigenvalue weighted by Gasteiger charge is 2.30. The number of carbonyl (C=O) groups excluding carboxylic acids is 1. The van der Waals surface area contributed by atoms with Crippen molar-refractivity contribution in [3.05, 3.63) is 46.5 Å². The fourth-order valence-electron chi connectivity index (χ4n) is 1.65. The van der Waals surface area contributed by atoms with E-state index in [0.717, 1.165) is 17.0 Å². The minimum Gasteiger partial charge on any atom is -0.366 e. The van der Waals surface area contributed by atoms with E-state index in [4.69, 9.17) is 5.73 Å². The van der Waals surface area contributed by atoms with Gasteiger partial charge in [0.1, 0.15) is 5.01 Å². The summed E-state index contributed by atoms with van der Waals surface area (Å²) in [5.41, 5.74) is 5.60. The number of aryl methyl sites for hydroxylation is 1. The standard InChI is InChI=1S/C14H11F3N2OS/c1-8-11(6-7-12(18)20)21-13(19-8)9-2-4-10(5-3-9)14(15,16)17/h2-7H,1H3,(H2,18,20)/b7-6-. The van der Waals surface area contributed by atoms with Crippen molar-refractivity contribution in [1.82, 2.24) is 4.98 Å². The Balaban J connectivity index is 2.31. The van der Waals surface area contributed by atoms with Gasteiger partial charge in [0, 0.05) is 11.6 Å². The van der Waals surface area contributed by atoms with E-state index >= 15 is 0 Å². The predicted molar refractivity (Wildman–Crippen MR) is 75.5 cm³/mol. The van der Waals surface area contributed by atoms with Crippen LogP contribution in [0.15, 0.2) is 30.3 Å². The zero-order valence-corrected chi connectivity index (χ0v) is 11.8. The first-order valence-electron chi connectivity index (χ1n) is 5.90. The number of thiazole rings is 1. The lowest BCUT2D eigenvalue weighted by molar-refractivity contribution is -0.137. The van der Waals surface area contributed by atoms with Crippen molar-refractivity contribution < 1.29 is 18.0 Å². The highest BCUT2D eigenvalue weighted by Crippen LogP contribution is 2.33. The number of hydrogen-bond acceptors (Lipinski definition) is 3. The molecule has 0 saturated heterocycles. The maximum absolute atomic E-state index is 12.5. The molecule has 0 spiro atoms. The second-order valence-corrected chi connectivity index (χ2v) is 5.31. The maximum atomic E-state index is 12.5. The monoisotopic (exact) mass is 312 g/mol. The van der Waals surface area contributed by atoms with Gasteiger partial charge < -0.3 is 5.73 Å². The molecule has 0 aliphatic carbocycles. The zero-order valence-electron chi connectivity index (χ0n) is 10.9. The van der Waals surface area contributed by atoms with Gasteiger partial charge in [0.25, 0.3) is 0 Å². The van der Waals surface area contributed by atoms with Crippen LogP contribution in [0.5, 0.6) is 0 Å². The number of carbonyl (C=O) groups is 1. The molecule has 110 valence electrons. The summed E-state index contributed by atoms with van der Waals surface area (Å²) in [6.07, 6.45) is -1.59. The van der Waals surface area contributed by atoms with Gasteiger partial charge in [-0.15, -0.1) is 11.3 Å². The number of alkyl halides is 3. The fraction of sp³-hybridized carbons (Fsp3) is 0.143. The molecule has 1 amide bonds. The van der Waals surface area contributed by atoms with E-state index in [0.29, 0.717) is 16.3 Å². The molecule has 0 fully saturated rings. The Labute approximate surface area is 122 Å². The van der Waals surface area contributed by atoms with Gasteiger partial charge in [0.2, 0.25) is 5.91 Å². The minimum atomic E-state index is -4.35. The van der Waals surface area contributed by atoms with Crippen molar-refractivity contribution in [2.45, 2.75) is 13.1 Å². The van der Waals surface area contributed by atoms with E-state index in [-0.39, 0.29) is 0 Å². The summed E-state index contributed by atoms with van der Waals surface area (Å²) in [6.45, 7) is 1.75. The molecule has 3 nitrogen and oxygen atoms in total. The molecule has 21 heavy (non-hydrogen) atoms. The van der Waals surface area contributed by atoms with E-state index in [1.807, 2.05) is 0 Å². The van der Waals surface area contributed by atoms with E-state index in [1.54, 1.807) is 13.0 Å². The van der Waals surface area contributed by atoms with Crippen LogP contribution < -0.4 is 5.73 Å². The second-order valence-electron chi connectivity index (χ2n) is 4.28. The Hall–Kier alpha value is -2.15. The van der Waals surface area contributed by atoms with Crippen LogP contribution in [0.2, 0.25) is 0 Å². The fourth-order valence-corrected chi connectivity index (χ4v) is 2.62. The highest BCUT2D eigenvalue weighted by atomic mass is 32.1. The lowest BCUT2D eigenvalue weighted by atomic mass is 10.1. The van der Waals surface area contributed by atoms with Crippen molar-refractivity contribution in [3.63, 3.8) is 0 Å². The summed E-state index contributed by atoms with van der Waals surface area (Å²) in [5, 5.41) is 0.588. The van der Waals surface area contributed by atoms with Crippen molar-refractivity contribution in [2.24, 2.45) is 5.73 Å². The summed E-state index contributed by atoms with van der Waals surface area (Å²) in [5.74, 6) is -0.570. The predicted octanol–water partition coefficient (Wildman–Crippen LogP) is 3.64. The molecule has 1 heterocycles. The average molecular weight is 312 g/mol. The molecular formula is C14H11F3N2OS. The lowest BCUT2D eigenvalue weighted by Gasteiger charge is -2.06. The van der Waals surface area contributed by atoms with Crippen LogP contribution in [0.25, 0.3) is 16.6 Å². The number of primary amides is 1. The Bertz CT molecular complexity index is 687. The minimum absolute atomic E-state index is 0.570. The molecule has 2 aromatic rings. The Kier molecular flexibility index (Phi) is 4.13. The highest BCUT2D eigenvalue weighted by molar-refractivity contribution is 7.16. The normalized spacial score (nSPS) is 12.0. The number of aromatic nitrogens is 1. The third-order valence-corrected chi connectivity index (χ3v) is 3.86. The van der Waals surface area contributed by atoms with Crippen LogP contribution in [0.4, 0.5) is 13.2 Å². The molecule has 1 aromatic heterocycles. The number of rotatable bonds is 3. The molecular weight excluding hydrogens is 301 g/mol. The van der Waals surface area contributed by atoms with Crippen LogP contribution >= 0.6 is 11.3 Å². The summed E-state index contributed by atoms with van der Waals surface area (Å²) < 4.78 is 37.5. The summed E-state index contributed by atoms with van der Waals surface area (Å²) in [4.78, 5) is 15.7. The molecule has 7 heteroatoms. The van der Waals surface area contributed by atoms with Gasteiger partial charge in [-0.3, -0.25) is 4.79 Å². The van der Waals surface area contributed by atoms with Gasteiger partial charge in [-0.2, -0.15) is 13.2 Å². The lowest BCUT2D eigenvalue weighted by Crippen LogP contribution is -2.04. The first-order chi connectivity index (χ1) is 9.77. The van der Waals surface area contributed by atoms with Crippen molar-refractivity contribution in [1.29, 1.82) is 0 Å². The van der Waals surface area contributed by atoms with Gasteiger partial charge in [-0.1, -0.05) is 12.1 Å². The molecule has 0 bridgehead atoms. The molecule has 2 N–H and O–H groups in total. The van der Waals surface area contributed by atoms with Crippen molar-refractivity contribution in [3.8, 4) is 10.6 Å². The number of nitrogens with two attached hydrogens (primary N) is 1. The van der Waals surface area contributed by atoms with Crippen LogP contribution in [0.3, 0.4) is 0 Å². The SMILES string of the molecule is Cc1nc(-c2ccc(C(F)(F)F)cc2)sc1/C=C\C(N)=O. The van der Waals surface area contributed by atoms with Crippen molar-refractivity contribution >= 4 is 23.3 Å². The molecule has 0 saturated carbocycles. The summed E-state index contributed by atoms with van der Waals surface area (Å²) >= 11 is 1.28. The molecule has 0 unspecified atom stereocenters. The molecule has 0 atom stereocenters. The topological polar surface area (TPSA) is 56.0 Å². The Morgan fingerprint density at radius 1 is 1.29 bits per heavy atom. The van der Waals surface area contributed by atoms with Gasteiger partial charge in [0.05, 0.1) is 16.1 Å². The van der Waals surface area contributed by atoms with Crippen LogP contribution in [-0.2, 0) is 11.0 Å². The smallest absolute Gasteiger partial charge is 0.366 e. The molecule has 0 aliphatic rings. The Morgan fingerprint density at radius 3 is 2.43 bits per heavy atom. The largest absolute Gasteiger partial charge is 0.416 e.